The summed E-state index contributed by atoms with van der Waals surface area (Å²) in [6.45, 7) is 0.826. The van der Waals surface area contributed by atoms with E-state index in [0.29, 0.717) is 6.04 Å². The Morgan fingerprint density at radius 2 is 2.19 bits per heavy atom. The van der Waals surface area contributed by atoms with Crippen molar-refractivity contribution >= 4 is 34.2 Å². The maximum absolute atomic E-state index is 5.98. The number of aromatic amines is 1. The van der Waals surface area contributed by atoms with E-state index in [1.807, 2.05) is 18.3 Å². The van der Waals surface area contributed by atoms with Gasteiger partial charge < -0.3 is 9.88 Å². The minimum absolute atomic E-state index is 0.345. The molecule has 0 fully saturated rings. The number of amidine groups is 1. The quantitative estimate of drug-likeness (QED) is 0.944. The van der Waals surface area contributed by atoms with Gasteiger partial charge in [-0.25, -0.2) is 4.98 Å². The third-order valence-electron chi connectivity index (χ3n) is 3.69. The van der Waals surface area contributed by atoms with Crippen molar-refractivity contribution in [1.82, 2.24) is 14.9 Å². The van der Waals surface area contributed by atoms with Gasteiger partial charge in [0, 0.05) is 28.7 Å². The van der Waals surface area contributed by atoms with Gasteiger partial charge in [0.2, 0.25) is 0 Å². The Morgan fingerprint density at radius 1 is 1.33 bits per heavy atom. The van der Waals surface area contributed by atoms with Crippen LogP contribution in [0, 0.1) is 0 Å². The van der Waals surface area contributed by atoms with E-state index in [2.05, 4.69) is 37.4 Å². The van der Waals surface area contributed by atoms with Crippen LogP contribution in [0.25, 0.3) is 5.70 Å². The molecule has 1 aromatic heterocycles. The molecule has 106 valence electrons. The molecule has 0 spiro atoms. The van der Waals surface area contributed by atoms with Gasteiger partial charge in [-0.3, -0.25) is 4.99 Å². The van der Waals surface area contributed by atoms with Crippen LogP contribution >= 0.6 is 23.4 Å². The van der Waals surface area contributed by atoms with Gasteiger partial charge in [0.15, 0.2) is 5.17 Å². The topological polar surface area (TPSA) is 44.3 Å². The van der Waals surface area contributed by atoms with E-state index in [1.165, 1.54) is 11.3 Å². The summed E-state index contributed by atoms with van der Waals surface area (Å²) in [6, 6.07) is 8.32. The van der Waals surface area contributed by atoms with Gasteiger partial charge in [-0.1, -0.05) is 35.5 Å². The molecule has 2 aliphatic heterocycles. The zero-order valence-corrected chi connectivity index (χ0v) is 12.7. The number of benzene rings is 1. The molecule has 0 unspecified atom stereocenters. The second-order valence-corrected chi connectivity index (χ2v) is 6.33. The van der Waals surface area contributed by atoms with E-state index >= 15 is 0 Å². The van der Waals surface area contributed by atoms with Crippen LogP contribution in [0.3, 0.4) is 0 Å². The predicted molar refractivity (Wildman–Crippen MR) is 87.2 cm³/mol. The van der Waals surface area contributed by atoms with Crippen LogP contribution in [-0.2, 0) is 6.42 Å². The zero-order chi connectivity index (χ0) is 14.2. The number of nitrogens with zero attached hydrogens (tertiary/aromatic N) is 3. The average molecular weight is 317 g/mol. The fraction of sp³-hybridized carbons (Fsp3) is 0.200. The monoisotopic (exact) mass is 316 g/mol. The lowest BCUT2D eigenvalue weighted by Crippen LogP contribution is -2.33. The molecule has 1 N–H and O–H groups in total. The highest BCUT2D eigenvalue weighted by atomic mass is 35.5. The van der Waals surface area contributed by atoms with Gasteiger partial charge >= 0.3 is 0 Å². The Bertz CT molecular complexity index is 706. The van der Waals surface area contributed by atoms with Crippen molar-refractivity contribution in [1.29, 1.82) is 0 Å². The lowest BCUT2D eigenvalue weighted by molar-refractivity contribution is 0.459. The molecule has 4 rings (SSSR count). The highest BCUT2D eigenvalue weighted by molar-refractivity contribution is 8.16. The van der Waals surface area contributed by atoms with Crippen molar-refractivity contribution in [3.8, 4) is 0 Å². The normalized spacial score (nSPS) is 20.4. The van der Waals surface area contributed by atoms with Crippen LogP contribution in [0.5, 0.6) is 0 Å². The zero-order valence-electron chi connectivity index (χ0n) is 11.2. The third kappa shape index (κ3) is 2.36. The van der Waals surface area contributed by atoms with E-state index in [4.69, 9.17) is 11.6 Å². The Labute approximate surface area is 131 Å². The first-order chi connectivity index (χ1) is 10.3. The molecule has 1 aromatic carbocycles. The molecular weight excluding hydrogens is 304 g/mol. The first-order valence-corrected chi connectivity index (χ1v) is 8.01. The molecule has 1 atom stereocenters. The van der Waals surface area contributed by atoms with Gasteiger partial charge in [-0.05, 0) is 17.7 Å². The number of aliphatic imine (C=N–C) groups is 1. The number of imidazole rings is 1. The van der Waals surface area contributed by atoms with E-state index in [0.717, 1.165) is 28.8 Å². The summed E-state index contributed by atoms with van der Waals surface area (Å²) < 4.78 is 0. The largest absolute Gasteiger partial charge is 0.348 e. The molecule has 0 saturated heterocycles. The Kier molecular flexibility index (Phi) is 3.24. The molecule has 2 aliphatic rings. The van der Waals surface area contributed by atoms with E-state index in [-0.39, 0.29) is 0 Å². The number of hydrogen-bond donors (Lipinski definition) is 1. The third-order valence-corrected chi connectivity index (χ3v) is 4.82. The van der Waals surface area contributed by atoms with E-state index < -0.39 is 0 Å². The fourth-order valence-electron chi connectivity index (χ4n) is 2.69. The van der Waals surface area contributed by atoms with E-state index in [9.17, 15) is 0 Å². The molecular formula is C15H13ClN4S. The number of fused-ring (bicyclic) bond motifs is 1. The molecule has 0 amide bonds. The lowest BCUT2D eigenvalue weighted by atomic mass is 10.1. The smallest absolute Gasteiger partial charge is 0.168 e. The van der Waals surface area contributed by atoms with Crippen LogP contribution < -0.4 is 0 Å². The number of nitrogens with one attached hydrogen (secondary N) is 1. The summed E-state index contributed by atoms with van der Waals surface area (Å²) in [5.41, 5.74) is 3.52. The fourth-order valence-corrected chi connectivity index (χ4v) is 3.79. The van der Waals surface area contributed by atoms with Gasteiger partial charge in [-0.2, -0.15) is 0 Å². The minimum atomic E-state index is 0.345. The highest BCUT2D eigenvalue weighted by Gasteiger charge is 2.35. The number of hydrogen-bond acceptors (Lipinski definition) is 4. The van der Waals surface area contributed by atoms with Gasteiger partial charge in [0.05, 0.1) is 24.6 Å². The Hall–Kier alpha value is -1.72. The molecule has 4 nitrogen and oxygen atoms in total. The summed E-state index contributed by atoms with van der Waals surface area (Å²) >= 11 is 7.67. The average Bonchev–Trinajstić information content (AvgIpc) is 3.19. The summed E-state index contributed by atoms with van der Waals surface area (Å²) in [6.07, 6.45) is 4.52. The molecule has 0 bridgehead atoms. The number of rotatable bonds is 3. The molecule has 3 heterocycles. The molecule has 6 heteroatoms. The van der Waals surface area contributed by atoms with Crippen LogP contribution in [0.4, 0.5) is 0 Å². The summed E-state index contributed by atoms with van der Waals surface area (Å²) in [4.78, 5) is 14.2. The van der Waals surface area contributed by atoms with Crippen molar-refractivity contribution in [2.75, 3.05) is 6.54 Å². The molecule has 0 radical (unpaired) electrons. The molecule has 0 aliphatic carbocycles. The van der Waals surface area contributed by atoms with Crippen molar-refractivity contribution in [2.45, 2.75) is 12.5 Å². The maximum Gasteiger partial charge on any atom is 0.168 e. The summed E-state index contributed by atoms with van der Waals surface area (Å²) in [7, 11) is 0. The number of aromatic nitrogens is 2. The standard InChI is InChI=1S/C15H13ClN4S/c16-11-3-1-10(2-4-11)14-8-21-15-18-7-13(20(14)15)5-12-6-17-9-19-12/h1-4,6,8-9,13H,5,7H2,(H,17,19)/t13-/m0/s1. The molecule has 2 aromatic rings. The second-order valence-electron chi connectivity index (χ2n) is 5.06. The lowest BCUT2D eigenvalue weighted by Gasteiger charge is -2.25. The number of thioether (sulfide) groups is 1. The first-order valence-electron chi connectivity index (χ1n) is 6.75. The van der Waals surface area contributed by atoms with Crippen molar-refractivity contribution in [3.63, 3.8) is 0 Å². The van der Waals surface area contributed by atoms with E-state index in [1.54, 1.807) is 18.1 Å². The second kappa shape index (κ2) is 5.24. The first kappa shape index (κ1) is 13.0. The van der Waals surface area contributed by atoms with Gasteiger partial charge in [0.25, 0.3) is 0 Å². The van der Waals surface area contributed by atoms with Crippen molar-refractivity contribution < 1.29 is 0 Å². The predicted octanol–water partition coefficient (Wildman–Crippen LogP) is 3.39. The van der Waals surface area contributed by atoms with Crippen LogP contribution in [0.2, 0.25) is 5.02 Å². The summed E-state index contributed by atoms with van der Waals surface area (Å²) in [5.74, 6) is 0. The maximum atomic E-state index is 5.98. The SMILES string of the molecule is Clc1ccc(C2=CSC3=NC[C@H](Cc4cnc[nH]4)N23)cc1. The highest BCUT2D eigenvalue weighted by Crippen LogP contribution is 2.38. The molecule has 21 heavy (non-hydrogen) atoms. The van der Waals surface area contributed by atoms with Crippen LogP contribution in [0.15, 0.2) is 47.2 Å². The van der Waals surface area contributed by atoms with Crippen LogP contribution in [0.1, 0.15) is 11.3 Å². The number of halogens is 1. The van der Waals surface area contributed by atoms with Crippen LogP contribution in [-0.4, -0.2) is 32.6 Å². The van der Waals surface area contributed by atoms with Gasteiger partial charge in [-0.15, -0.1) is 0 Å². The molecule has 0 saturated carbocycles. The van der Waals surface area contributed by atoms with Crippen molar-refractivity contribution in [2.24, 2.45) is 4.99 Å². The number of H-pyrrole nitrogens is 1. The minimum Gasteiger partial charge on any atom is -0.348 e. The van der Waals surface area contributed by atoms with Gasteiger partial charge in [0.1, 0.15) is 0 Å². The van der Waals surface area contributed by atoms with Crippen molar-refractivity contribution in [3.05, 3.63) is 58.5 Å². The Balaban J connectivity index is 1.61. The summed E-state index contributed by atoms with van der Waals surface area (Å²) in [5, 5.41) is 4.01. The Morgan fingerprint density at radius 3 is 2.95 bits per heavy atom.